The summed E-state index contributed by atoms with van der Waals surface area (Å²) in [5, 5.41) is 4.37. The maximum Gasteiger partial charge on any atom is 0.0453 e. The topological polar surface area (TPSA) is 15.3 Å². The normalized spacial score (nSPS) is 16.7. The first kappa shape index (κ1) is 14.8. The highest BCUT2D eigenvalue weighted by atomic mass is 35.5. The lowest BCUT2D eigenvalue weighted by molar-refractivity contribution is 0.225. The van der Waals surface area contributed by atoms with Gasteiger partial charge in [0.25, 0.3) is 0 Å². The van der Waals surface area contributed by atoms with Crippen LogP contribution in [-0.4, -0.2) is 31.1 Å². The lowest BCUT2D eigenvalue weighted by Gasteiger charge is -2.26. The molecule has 0 spiro atoms. The van der Waals surface area contributed by atoms with Crippen molar-refractivity contribution in [1.82, 2.24) is 10.2 Å². The molecule has 0 radical (unpaired) electrons. The van der Waals surface area contributed by atoms with Gasteiger partial charge >= 0.3 is 0 Å². The molecule has 0 unspecified atom stereocenters. The molecule has 3 heteroatoms. The molecule has 1 fully saturated rings. The van der Waals surface area contributed by atoms with E-state index in [1.165, 1.54) is 56.4 Å². The van der Waals surface area contributed by atoms with Gasteiger partial charge in [0.15, 0.2) is 0 Å². The van der Waals surface area contributed by atoms with Gasteiger partial charge in [0.05, 0.1) is 0 Å². The van der Waals surface area contributed by atoms with Crippen LogP contribution in [0.3, 0.4) is 0 Å². The van der Waals surface area contributed by atoms with Crippen LogP contribution in [0.5, 0.6) is 0 Å². The minimum Gasteiger partial charge on any atom is -0.313 e. The molecule has 19 heavy (non-hydrogen) atoms. The van der Waals surface area contributed by atoms with E-state index in [0.717, 1.165) is 18.1 Å². The fourth-order valence-electron chi connectivity index (χ4n) is 2.63. The van der Waals surface area contributed by atoms with Crippen molar-refractivity contribution in [1.29, 1.82) is 0 Å². The number of hydrogen-bond acceptors (Lipinski definition) is 2. The molecule has 106 valence electrons. The molecule has 2 rings (SSSR count). The predicted molar refractivity (Wildman–Crippen MR) is 82.8 cm³/mol. The van der Waals surface area contributed by atoms with Gasteiger partial charge in [-0.1, -0.05) is 30.2 Å². The molecule has 0 atom stereocenters. The molecule has 1 aliphatic rings. The van der Waals surface area contributed by atoms with E-state index in [1.54, 1.807) is 0 Å². The Hall–Kier alpha value is -0.570. The molecule has 1 aromatic carbocycles. The number of piperidine rings is 1. The SMILES string of the molecule is Cc1ccc(CNCCCN2CCCCC2)c(Cl)c1. The van der Waals surface area contributed by atoms with E-state index in [-0.39, 0.29) is 0 Å². The Balaban J connectivity index is 1.61. The average molecular weight is 281 g/mol. The van der Waals surface area contributed by atoms with Crippen molar-refractivity contribution in [3.8, 4) is 0 Å². The van der Waals surface area contributed by atoms with Crippen molar-refractivity contribution in [2.24, 2.45) is 0 Å². The van der Waals surface area contributed by atoms with Gasteiger partial charge in [0.1, 0.15) is 0 Å². The lowest BCUT2D eigenvalue weighted by atomic mass is 10.1. The minimum absolute atomic E-state index is 0.874. The number of hydrogen-bond donors (Lipinski definition) is 1. The van der Waals surface area contributed by atoms with Gasteiger partial charge in [-0.2, -0.15) is 0 Å². The molecule has 1 aliphatic heterocycles. The predicted octanol–water partition coefficient (Wildman–Crippen LogP) is 3.61. The third kappa shape index (κ3) is 5.13. The summed E-state index contributed by atoms with van der Waals surface area (Å²) >= 11 is 6.22. The van der Waals surface area contributed by atoms with Crippen LogP contribution >= 0.6 is 11.6 Å². The minimum atomic E-state index is 0.874. The summed E-state index contributed by atoms with van der Waals surface area (Å²) in [6, 6.07) is 6.28. The Morgan fingerprint density at radius 3 is 2.74 bits per heavy atom. The Labute approximate surface area is 122 Å². The summed E-state index contributed by atoms with van der Waals surface area (Å²) in [7, 11) is 0. The highest BCUT2D eigenvalue weighted by molar-refractivity contribution is 6.31. The Bertz CT molecular complexity index is 386. The van der Waals surface area contributed by atoms with E-state index in [4.69, 9.17) is 11.6 Å². The van der Waals surface area contributed by atoms with Crippen molar-refractivity contribution in [2.45, 2.75) is 39.2 Å². The second kappa shape index (κ2) is 7.88. The third-order valence-corrected chi connectivity index (χ3v) is 4.15. The smallest absolute Gasteiger partial charge is 0.0453 e. The Kier molecular flexibility index (Phi) is 6.15. The summed E-state index contributed by atoms with van der Waals surface area (Å²) < 4.78 is 0. The summed E-state index contributed by atoms with van der Waals surface area (Å²) in [6.07, 6.45) is 5.41. The molecule has 1 heterocycles. The summed E-state index contributed by atoms with van der Waals surface area (Å²) in [5.41, 5.74) is 2.42. The van der Waals surface area contributed by atoms with Crippen LogP contribution in [0.2, 0.25) is 5.02 Å². The van der Waals surface area contributed by atoms with Gasteiger partial charge < -0.3 is 10.2 Å². The van der Waals surface area contributed by atoms with Crippen LogP contribution in [0.4, 0.5) is 0 Å². The Morgan fingerprint density at radius 1 is 1.21 bits per heavy atom. The van der Waals surface area contributed by atoms with E-state index in [9.17, 15) is 0 Å². The van der Waals surface area contributed by atoms with Crippen LogP contribution in [0.1, 0.15) is 36.8 Å². The van der Waals surface area contributed by atoms with E-state index >= 15 is 0 Å². The molecule has 1 saturated heterocycles. The first-order valence-corrected chi connectivity index (χ1v) is 7.81. The first-order valence-electron chi connectivity index (χ1n) is 7.44. The fourth-order valence-corrected chi connectivity index (χ4v) is 2.93. The zero-order valence-corrected chi connectivity index (χ0v) is 12.7. The maximum absolute atomic E-state index is 6.22. The van der Waals surface area contributed by atoms with Crippen LogP contribution in [-0.2, 0) is 6.54 Å². The molecule has 1 N–H and O–H groups in total. The maximum atomic E-state index is 6.22. The summed E-state index contributed by atoms with van der Waals surface area (Å²) in [5.74, 6) is 0. The second-order valence-corrected chi connectivity index (χ2v) is 5.93. The van der Waals surface area contributed by atoms with E-state index in [1.807, 2.05) is 6.07 Å². The summed E-state index contributed by atoms with van der Waals surface area (Å²) in [4.78, 5) is 2.59. The molecule has 0 bridgehead atoms. The lowest BCUT2D eigenvalue weighted by Crippen LogP contribution is -2.32. The standard InChI is InChI=1S/C16H25ClN2/c1-14-6-7-15(16(17)12-14)13-18-8-5-11-19-9-3-2-4-10-19/h6-7,12,18H,2-5,8-11,13H2,1H3. The van der Waals surface area contributed by atoms with E-state index < -0.39 is 0 Å². The summed E-state index contributed by atoms with van der Waals surface area (Å²) in [6.45, 7) is 7.84. The monoisotopic (exact) mass is 280 g/mol. The average Bonchev–Trinajstić information content (AvgIpc) is 2.42. The number of benzene rings is 1. The van der Waals surface area contributed by atoms with Crippen LogP contribution < -0.4 is 5.32 Å². The van der Waals surface area contributed by atoms with Gasteiger partial charge in [0.2, 0.25) is 0 Å². The quantitative estimate of drug-likeness (QED) is 0.801. The molecular weight excluding hydrogens is 256 g/mol. The number of likely N-dealkylation sites (tertiary alicyclic amines) is 1. The molecular formula is C16H25ClN2. The molecule has 0 amide bonds. The molecule has 0 aliphatic carbocycles. The van der Waals surface area contributed by atoms with Crippen molar-refractivity contribution < 1.29 is 0 Å². The number of nitrogens with zero attached hydrogens (tertiary/aromatic N) is 1. The van der Waals surface area contributed by atoms with Crippen molar-refractivity contribution in [2.75, 3.05) is 26.2 Å². The van der Waals surface area contributed by atoms with Gasteiger partial charge in [-0.15, -0.1) is 0 Å². The molecule has 1 aromatic rings. The fraction of sp³-hybridized carbons (Fsp3) is 0.625. The number of halogens is 1. The molecule has 2 nitrogen and oxygen atoms in total. The molecule has 0 aromatic heterocycles. The first-order chi connectivity index (χ1) is 9.25. The zero-order chi connectivity index (χ0) is 13.5. The van der Waals surface area contributed by atoms with Crippen LogP contribution in [0, 0.1) is 6.92 Å². The van der Waals surface area contributed by atoms with Crippen molar-refractivity contribution in [3.63, 3.8) is 0 Å². The molecule has 0 saturated carbocycles. The highest BCUT2D eigenvalue weighted by Gasteiger charge is 2.08. The third-order valence-electron chi connectivity index (χ3n) is 3.80. The largest absolute Gasteiger partial charge is 0.313 e. The zero-order valence-electron chi connectivity index (χ0n) is 11.9. The van der Waals surface area contributed by atoms with Crippen molar-refractivity contribution in [3.05, 3.63) is 34.3 Å². The van der Waals surface area contributed by atoms with Gasteiger partial charge in [-0.25, -0.2) is 0 Å². The highest BCUT2D eigenvalue weighted by Crippen LogP contribution is 2.17. The van der Waals surface area contributed by atoms with E-state index in [0.29, 0.717) is 0 Å². The van der Waals surface area contributed by atoms with Gasteiger partial charge in [-0.05, 0) is 69.6 Å². The second-order valence-electron chi connectivity index (χ2n) is 5.53. The number of nitrogens with one attached hydrogen (secondary N) is 1. The Morgan fingerprint density at radius 2 is 2.00 bits per heavy atom. The van der Waals surface area contributed by atoms with Gasteiger partial charge in [0, 0.05) is 11.6 Å². The van der Waals surface area contributed by atoms with Crippen LogP contribution in [0.25, 0.3) is 0 Å². The van der Waals surface area contributed by atoms with Crippen LogP contribution in [0.15, 0.2) is 18.2 Å². The van der Waals surface area contributed by atoms with Crippen molar-refractivity contribution >= 4 is 11.6 Å². The number of aryl methyl sites for hydroxylation is 1. The van der Waals surface area contributed by atoms with Gasteiger partial charge in [-0.3, -0.25) is 0 Å². The number of rotatable bonds is 6. The van der Waals surface area contributed by atoms with E-state index in [2.05, 4.69) is 29.3 Å².